The van der Waals surface area contributed by atoms with Crippen LogP contribution < -0.4 is 5.32 Å². The molecule has 0 unspecified atom stereocenters. The van der Waals surface area contributed by atoms with Crippen molar-refractivity contribution in [2.24, 2.45) is 5.92 Å². The van der Waals surface area contributed by atoms with E-state index in [-0.39, 0.29) is 12.5 Å². The van der Waals surface area contributed by atoms with Crippen LogP contribution in [0.25, 0.3) is 0 Å². The van der Waals surface area contributed by atoms with E-state index >= 15 is 0 Å². The number of hydrogen-bond acceptors (Lipinski definition) is 3. The highest BCUT2D eigenvalue weighted by Gasteiger charge is 2.34. The first-order valence-electron chi connectivity index (χ1n) is 9.33. The van der Waals surface area contributed by atoms with E-state index in [1.807, 2.05) is 32.9 Å². The Morgan fingerprint density at radius 3 is 2.46 bits per heavy atom. The van der Waals surface area contributed by atoms with Crippen LogP contribution in [0.4, 0.5) is 5.69 Å². The molecule has 7 heteroatoms. The molecular weight excluding hydrogens is 396 g/mol. The minimum absolute atomic E-state index is 0.181. The standard InChI is InChI=1S/C21H25ClN2O3S/c1-14-10-15(2)20(16(3)11-14)28(26,27)24-9-5-6-17(13-24)21(25)23-19-8-4-7-18(22)12-19/h4,7-8,10-12,17H,5-6,9,13H2,1-3H3,(H,23,25)/t17-/m1/s1. The van der Waals surface area contributed by atoms with Crippen molar-refractivity contribution in [2.75, 3.05) is 18.4 Å². The van der Waals surface area contributed by atoms with Gasteiger partial charge in [-0.05, 0) is 62.9 Å². The van der Waals surface area contributed by atoms with Crippen molar-refractivity contribution in [3.05, 3.63) is 58.1 Å². The quantitative estimate of drug-likeness (QED) is 0.801. The molecule has 3 rings (SSSR count). The molecule has 0 aliphatic carbocycles. The Morgan fingerprint density at radius 1 is 1.14 bits per heavy atom. The predicted molar refractivity (Wildman–Crippen MR) is 112 cm³/mol. The minimum Gasteiger partial charge on any atom is -0.326 e. The van der Waals surface area contributed by atoms with Crippen molar-refractivity contribution in [1.82, 2.24) is 4.31 Å². The van der Waals surface area contributed by atoms with E-state index in [9.17, 15) is 13.2 Å². The summed E-state index contributed by atoms with van der Waals surface area (Å²) in [5.74, 6) is -0.576. The molecular formula is C21H25ClN2O3S. The molecule has 1 N–H and O–H groups in total. The van der Waals surface area contributed by atoms with Crippen LogP contribution in [0.5, 0.6) is 0 Å². The van der Waals surface area contributed by atoms with Crippen molar-refractivity contribution < 1.29 is 13.2 Å². The van der Waals surface area contributed by atoms with Crippen LogP contribution >= 0.6 is 11.6 Å². The molecule has 0 radical (unpaired) electrons. The monoisotopic (exact) mass is 420 g/mol. The number of anilines is 1. The van der Waals surface area contributed by atoms with Gasteiger partial charge in [0.15, 0.2) is 0 Å². The molecule has 0 aromatic heterocycles. The Hall–Kier alpha value is -1.89. The van der Waals surface area contributed by atoms with Gasteiger partial charge in [0.05, 0.1) is 10.8 Å². The van der Waals surface area contributed by atoms with E-state index in [1.54, 1.807) is 24.3 Å². The molecule has 1 heterocycles. The van der Waals surface area contributed by atoms with Gasteiger partial charge in [0.2, 0.25) is 15.9 Å². The first-order chi connectivity index (χ1) is 13.2. The number of piperidine rings is 1. The smallest absolute Gasteiger partial charge is 0.243 e. The zero-order valence-electron chi connectivity index (χ0n) is 16.3. The number of rotatable bonds is 4. The van der Waals surface area contributed by atoms with Crippen LogP contribution in [0.1, 0.15) is 29.5 Å². The molecule has 0 spiro atoms. The van der Waals surface area contributed by atoms with Gasteiger partial charge in [-0.1, -0.05) is 35.4 Å². The van der Waals surface area contributed by atoms with Gasteiger partial charge >= 0.3 is 0 Å². The highest BCUT2D eigenvalue weighted by molar-refractivity contribution is 7.89. The second-order valence-corrected chi connectivity index (χ2v) is 9.74. The van der Waals surface area contributed by atoms with Gasteiger partial charge in [-0.3, -0.25) is 4.79 Å². The van der Waals surface area contributed by atoms with Gasteiger partial charge in [0.25, 0.3) is 0 Å². The van der Waals surface area contributed by atoms with Crippen molar-refractivity contribution in [3.63, 3.8) is 0 Å². The third-order valence-electron chi connectivity index (χ3n) is 5.05. The molecule has 1 amide bonds. The lowest BCUT2D eigenvalue weighted by Crippen LogP contribution is -2.44. The molecule has 150 valence electrons. The third kappa shape index (κ3) is 4.40. The first-order valence-corrected chi connectivity index (χ1v) is 11.1. The summed E-state index contributed by atoms with van der Waals surface area (Å²) in [7, 11) is -3.65. The summed E-state index contributed by atoms with van der Waals surface area (Å²) in [4.78, 5) is 13.0. The first kappa shape index (κ1) is 20.8. The summed E-state index contributed by atoms with van der Waals surface area (Å²) in [5.41, 5.74) is 3.13. The van der Waals surface area contributed by atoms with Crippen LogP contribution in [0.3, 0.4) is 0 Å². The summed E-state index contributed by atoms with van der Waals surface area (Å²) in [6.45, 7) is 6.20. The zero-order valence-corrected chi connectivity index (χ0v) is 17.9. The highest BCUT2D eigenvalue weighted by atomic mass is 35.5. The molecule has 28 heavy (non-hydrogen) atoms. The number of aryl methyl sites for hydroxylation is 3. The molecule has 1 fully saturated rings. The zero-order chi connectivity index (χ0) is 20.5. The van der Waals surface area contributed by atoms with E-state index < -0.39 is 15.9 Å². The molecule has 1 aliphatic heterocycles. The van der Waals surface area contributed by atoms with Crippen LogP contribution in [-0.4, -0.2) is 31.7 Å². The van der Waals surface area contributed by atoms with E-state index in [1.165, 1.54) is 4.31 Å². The lowest BCUT2D eigenvalue weighted by atomic mass is 9.99. The number of nitrogens with one attached hydrogen (secondary N) is 1. The molecule has 0 bridgehead atoms. The second-order valence-electron chi connectivity index (χ2n) is 7.43. The maximum atomic E-state index is 13.3. The molecule has 0 saturated carbocycles. The van der Waals surface area contributed by atoms with Crippen molar-refractivity contribution in [1.29, 1.82) is 0 Å². The Balaban J connectivity index is 1.80. The normalized spacial score (nSPS) is 18.1. The summed E-state index contributed by atoms with van der Waals surface area (Å²) in [6.07, 6.45) is 1.31. The summed E-state index contributed by atoms with van der Waals surface area (Å²) in [5, 5.41) is 3.39. The van der Waals surface area contributed by atoms with Gasteiger partial charge in [0, 0.05) is 23.8 Å². The maximum absolute atomic E-state index is 13.3. The van der Waals surface area contributed by atoms with Crippen molar-refractivity contribution in [3.8, 4) is 0 Å². The number of benzene rings is 2. The fraction of sp³-hybridized carbons (Fsp3) is 0.381. The minimum atomic E-state index is -3.65. The fourth-order valence-electron chi connectivity index (χ4n) is 3.89. The topological polar surface area (TPSA) is 66.5 Å². The fourth-order valence-corrected chi connectivity index (χ4v) is 6.01. The average Bonchev–Trinajstić information content (AvgIpc) is 2.60. The number of sulfonamides is 1. The third-order valence-corrected chi connectivity index (χ3v) is 7.46. The molecule has 1 aliphatic rings. The van der Waals surface area contributed by atoms with Crippen molar-refractivity contribution in [2.45, 2.75) is 38.5 Å². The van der Waals surface area contributed by atoms with Gasteiger partial charge in [-0.25, -0.2) is 8.42 Å². The molecule has 1 saturated heterocycles. The van der Waals surface area contributed by atoms with E-state index in [2.05, 4.69) is 5.32 Å². The number of carbonyl (C=O) groups is 1. The molecule has 1 atom stereocenters. The van der Waals surface area contributed by atoms with E-state index in [0.717, 1.165) is 16.7 Å². The average molecular weight is 421 g/mol. The van der Waals surface area contributed by atoms with E-state index in [0.29, 0.717) is 35.0 Å². The number of hydrogen-bond donors (Lipinski definition) is 1. The van der Waals surface area contributed by atoms with Gasteiger partial charge in [0.1, 0.15) is 0 Å². The largest absolute Gasteiger partial charge is 0.326 e. The summed E-state index contributed by atoms with van der Waals surface area (Å²) >= 11 is 5.97. The van der Waals surface area contributed by atoms with Crippen LogP contribution in [0, 0.1) is 26.7 Å². The Bertz CT molecular complexity index is 981. The predicted octanol–water partition coefficient (Wildman–Crippen LogP) is 4.30. The lowest BCUT2D eigenvalue weighted by molar-refractivity contribution is -0.120. The van der Waals surface area contributed by atoms with Crippen molar-refractivity contribution >= 4 is 33.2 Å². The number of amides is 1. The Morgan fingerprint density at radius 2 is 1.82 bits per heavy atom. The summed E-state index contributed by atoms with van der Waals surface area (Å²) < 4.78 is 28.0. The number of nitrogens with zero attached hydrogens (tertiary/aromatic N) is 1. The number of halogens is 1. The lowest BCUT2D eigenvalue weighted by Gasteiger charge is -2.32. The van der Waals surface area contributed by atoms with Crippen LogP contribution in [0.15, 0.2) is 41.3 Å². The Labute approximate surface area is 171 Å². The van der Waals surface area contributed by atoms with Gasteiger partial charge < -0.3 is 5.32 Å². The second kappa shape index (κ2) is 8.23. The molecule has 5 nitrogen and oxygen atoms in total. The highest BCUT2D eigenvalue weighted by Crippen LogP contribution is 2.29. The van der Waals surface area contributed by atoms with E-state index in [4.69, 9.17) is 11.6 Å². The van der Waals surface area contributed by atoms with Gasteiger partial charge in [-0.15, -0.1) is 0 Å². The molecule has 2 aromatic carbocycles. The van der Waals surface area contributed by atoms with Gasteiger partial charge in [-0.2, -0.15) is 4.31 Å². The Kier molecular flexibility index (Phi) is 6.12. The maximum Gasteiger partial charge on any atom is 0.243 e. The SMILES string of the molecule is Cc1cc(C)c(S(=O)(=O)N2CCC[C@@H](C(=O)Nc3cccc(Cl)c3)C2)c(C)c1. The van der Waals surface area contributed by atoms with Crippen LogP contribution in [-0.2, 0) is 14.8 Å². The number of carbonyl (C=O) groups excluding carboxylic acids is 1. The summed E-state index contributed by atoms with van der Waals surface area (Å²) in [6, 6.07) is 10.7. The molecule has 2 aromatic rings. The van der Waals surface area contributed by atoms with Crippen LogP contribution in [0.2, 0.25) is 5.02 Å².